The van der Waals surface area contributed by atoms with Crippen molar-refractivity contribution < 1.29 is 13.3 Å². The molecule has 1 fully saturated rings. The largest absolute Gasteiger partial charge is 0.317 e. The van der Waals surface area contributed by atoms with Crippen molar-refractivity contribution in [2.75, 3.05) is 26.2 Å². The Hall–Kier alpha value is -1.22. The third-order valence-electron chi connectivity index (χ3n) is 3.94. The minimum absolute atomic E-state index is 0. The highest BCUT2D eigenvalue weighted by Gasteiger charge is 2.29. The lowest BCUT2D eigenvalue weighted by Crippen LogP contribution is -2.40. The number of hydrogen-bond acceptors (Lipinski definition) is 5. The summed E-state index contributed by atoms with van der Waals surface area (Å²) in [6.07, 6.45) is 1.67. The molecule has 1 saturated heterocycles. The van der Waals surface area contributed by atoms with Crippen LogP contribution in [0.5, 0.6) is 0 Å². The predicted molar refractivity (Wildman–Crippen MR) is 90.4 cm³/mol. The van der Waals surface area contributed by atoms with E-state index in [0.717, 1.165) is 25.9 Å². The second kappa shape index (κ2) is 8.58. The van der Waals surface area contributed by atoms with Gasteiger partial charge in [0.1, 0.15) is 0 Å². The first-order valence-electron chi connectivity index (χ1n) is 7.40. The van der Waals surface area contributed by atoms with Crippen LogP contribution in [0.4, 0.5) is 5.69 Å². The zero-order valence-electron chi connectivity index (χ0n) is 13.0. The van der Waals surface area contributed by atoms with Crippen LogP contribution in [0.15, 0.2) is 29.2 Å². The number of benzene rings is 1. The fourth-order valence-electron chi connectivity index (χ4n) is 2.59. The third kappa shape index (κ3) is 4.87. The highest BCUT2D eigenvalue weighted by Crippen LogP contribution is 2.24. The van der Waals surface area contributed by atoms with Gasteiger partial charge in [-0.05, 0) is 44.0 Å². The molecule has 0 saturated carbocycles. The van der Waals surface area contributed by atoms with E-state index in [9.17, 15) is 18.5 Å². The van der Waals surface area contributed by atoms with Crippen molar-refractivity contribution in [2.45, 2.75) is 24.7 Å². The molecule has 0 atom stereocenters. The lowest BCUT2D eigenvalue weighted by molar-refractivity contribution is -0.384. The predicted octanol–water partition coefficient (Wildman–Crippen LogP) is 2.03. The van der Waals surface area contributed by atoms with Crippen LogP contribution < -0.4 is 5.32 Å². The number of sulfonamides is 1. The molecule has 1 heterocycles. The van der Waals surface area contributed by atoms with Crippen molar-refractivity contribution in [3.8, 4) is 0 Å². The molecule has 130 valence electrons. The van der Waals surface area contributed by atoms with Gasteiger partial charge in [-0.1, -0.05) is 6.92 Å². The van der Waals surface area contributed by atoms with Gasteiger partial charge >= 0.3 is 0 Å². The number of rotatable bonds is 6. The quantitative estimate of drug-likeness (QED) is 0.616. The minimum Gasteiger partial charge on any atom is -0.317 e. The van der Waals surface area contributed by atoms with Crippen molar-refractivity contribution in [3.63, 3.8) is 0 Å². The number of nitro benzene ring substituents is 1. The molecule has 1 aliphatic heterocycles. The van der Waals surface area contributed by atoms with Gasteiger partial charge in [0.15, 0.2) is 0 Å². The second-order valence-electron chi connectivity index (χ2n) is 5.41. The summed E-state index contributed by atoms with van der Waals surface area (Å²) in [6.45, 7) is 4.88. The minimum atomic E-state index is -3.56. The van der Waals surface area contributed by atoms with E-state index in [4.69, 9.17) is 0 Å². The Bertz CT molecular complexity index is 613. The van der Waals surface area contributed by atoms with Crippen LogP contribution in [0.25, 0.3) is 0 Å². The van der Waals surface area contributed by atoms with E-state index < -0.39 is 14.9 Å². The first-order valence-corrected chi connectivity index (χ1v) is 8.84. The molecule has 1 aliphatic rings. The molecule has 7 nitrogen and oxygen atoms in total. The number of nitro groups is 1. The standard InChI is InChI=1S/C14H21N3O4S.ClH/c1-2-15-11-12-7-9-16(10-8-12)22(20,21)14-5-3-13(4-6-14)17(18)19;/h3-6,12,15H,2,7-11H2,1H3;1H. The molecule has 0 bridgehead atoms. The summed E-state index contributed by atoms with van der Waals surface area (Å²) in [7, 11) is -3.56. The van der Waals surface area contributed by atoms with Gasteiger partial charge in [-0.25, -0.2) is 8.42 Å². The van der Waals surface area contributed by atoms with E-state index in [1.165, 1.54) is 28.6 Å². The summed E-state index contributed by atoms with van der Waals surface area (Å²) in [5.74, 6) is 0.503. The van der Waals surface area contributed by atoms with Crippen LogP contribution in [0, 0.1) is 16.0 Å². The Morgan fingerprint density at radius 3 is 2.30 bits per heavy atom. The van der Waals surface area contributed by atoms with Crippen molar-refractivity contribution >= 4 is 28.1 Å². The molecule has 0 unspecified atom stereocenters. The maximum atomic E-state index is 12.5. The first kappa shape index (κ1) is 19.8. The molecule has 0 radical (unpaired) electrons. The van der Waals surface area contributed by atoms with E-state index >= 15 is 0 Å². The molecule has 0 amide bonds. The van der Waals surface area contributed by atoms with E-state index in [0.29, 0.717) is 19.0 Å². The van der Waals surface area contributed by atoms with Crippen LogP contribution in [0.3, 0.4) is 0 Å². The summed E-state index contributed by atoms with van der Waals surface area (Å²) in [5.41, 5.74) is -0.108. The number of piperidine rings is 1. The second-order valence-corrected chi connectivity index (χ2v) is 7.34. The molecule has 23 heavy (non-hydrogen) atoms. The van der Waals surface area contributed by atoms with E-state index in [1.54, 1.807) is 0 Å². The van der Waals surface area contributed by atoms with Gasteiger partial charge in [-0.3, -0.25) is 10.1 Å². The Kier molecular flexibility index (Phi) is 7.40. The molecule has 2 rings (SSSR count). The molecular weight excluding hydrogens is 342 g/mol. The monoisotopic (exact) mass is 363 g/mol. The van der Waals surface area contributed by atoms with Gasteiger partial charge in [-0.2, -0.15) is 4.31 Å². The SMILES string of the molecule is CCNCC1CCN(S(=O)(=O)c2ccc([N+](=O)[O-])cc2)CC1.Cl. The summed E-state index contributed by atoms with van der Waals surface area (Å²) in [4.78, 5) is 10.2. The van der Waals surface area contributed by atoms with Crippen molar-refractivity contribution in [1.29, 1.82) is 0 Å². The number of nitrogens with one attached hydrogen (secondary N) is 1. The molecular formula is C14H22ClN3O4S. The lowest BCUT2D eigenvalue weighted by atomic mass is 9.98. The highest BCUT2D eigenvalue weighted by atomic mass is 35.5. The maximum absolute atomic E-state index is 12.5. The van der Waals surface area contributed by atoms with Crippen LogP contribution in [-0.2, 0) is 10.0 Å². The van der Waals surface area contributed by atoms with Gasteiger partial charge in [0, 0.05) is 25.2 Å². The third-order valence-corrected chi connectivity index (χ3v) is 5.85. The Balaban J connectivity index is 0.00000264. The van der Waals surface area contributed by atoms with E-state index in [1.807, 2.05) is 6.92 Å². The smallest absolute Gasteiger partial charge is 0.269 e. The van der Waals surface area contributed by atoms with Crippen LogP contribution in [-0.4, -0.2) is 43.8 Å². The maximum Gasteiger partial charge on any atom is 0.269 e. The van der Waals surface area contributed by atoms with Crippen LogP contribution in [0.1, 0.15) is 19.8 Å². The molecule has 9 heteroatoms. The Morgan fingerprint density at radius 2 is 1.83 bits per heavy atom. The molecule has 0 spiro atoms. The fraction of sp³-hybridized carbons (Fsp3) is 0.571. The lowest BCUT2D eigenvalue weighted by Gasteiger charge is -2.31. The average Bonchev–Trinajstić information content (AvgIpc) is 2.53. The Morgan fingerprint density at radius 1 is 1.26 bits per heavy atom. The van der Waals surface area contributed by atoms with Crippen molar-refractivity contribution in [2.24, 2.45) is 5.92 Å². The molecule has 1 aromatic carbocycles. The number of nitrogens with zero attached hydrogens (tertiary/aromatic N) is 2. The highest BCUT2D eigenvalue weighted by molar-refractivity contribution is 7.89. The van der Waals surface area contributed by atoms with Crippen molar-refractivity contribution in [3.05, 3.63) is 34.4 Å². The summed E-state index contributed by atoms with van der Waals surface area (Å²) < 4.78 is 26.5. The van der Waals surface area contributed by atoms with Gasteiger partial charge in [0.05, 0.1) is 9.82 Å². The van der Waals surface area contributed by atoms with Gasteiger partial charge in [0.25, 0.3) is 5.69 Å². The zero-order valence-corrected chi connectivity index (χ0v) is 14.6. The van der Waals surface area contributed by atoms with Gasteiger partial charge in [0.2, 0.25) is 10.0 Å². The fourth-order valence-corrected chi connectivity index (χ4v) is 4.06. The topological polar surface area (TPSA) is 92.6 Å². The molecule has 1 aromatic rings. The average molecular weight is 364 g/mol. The first-order chi connectivity index (χ1) is 10.4. The van der Waals surface area contributed by atoms with Crippen LogP contribution in [0.2, 0.25) is 0 Å². The number of non-ortho nitro benzene ring substituents is 1. The molecule has 1 N–H and O–H groups in total. The number of halogens is 1. The van der Waals surface area contributed by atoms with E-state index in [2.05, 4.69) is 5.32 Å². The van der Waals surface area contributed by atoms with E-state index in [-0.39, 0.29) is 23.0 Å². The molecule has 0 aromatic heterocycles. The molecule has 0 aliphatic carbocycles. The van der Waals surface area contributed by atoms with Gasteiger partial charge in [-0.15, -0.1) is 12.4 Å². The Labute approximate surface area is 142 Å². The van der Waals surface area contributed by atoms with Crippen molar-refractivity contribution in [1.82, 2.24) is 9.62 Å². The summed E-state index contributed by atoms with van der Waals surface area (Å²) >= 11 is 0. The van der Waals surface area contributed by atoms with Crippen LogP contribution >= 0.6 is 12.4 Å². The summed E-state index contributed by atoms with van der Waals surface area (Å²) in [6, 6.07) is 5.06. The number of hydrogen-bond donors (Lipinski definition) is 1. The zero-order chi connectivity index (χ0) is 16.2. The van der Waals surface area contributed by atoms with Gasteiger partial charge < -0.3 is 5.32 Å². The summed E-state index contributed by atoms with van der Waals surface area (Å²) in [5, 5.41) is 13.9. The normalized spacial score (nSPS) is 16.7.